The average molecular weight is 206 g/mol. The van der Waals surface area contributed by atoms with Crippen LogP contribution in [0.25, 0.3) is 0 Å². The first-order chi connectivity index (χ1) is 7.26. The number of hydrogen-bond donors (Lipinski definition) is 1. The van der Waals surface area contributed by atoms with Gasteiger partial charge < -0.3 is 9.47 Å². The molecule has 5 heteroatoms. The molecule has 0 unspecified atom stereocenters. The van der Waals surface area contributed by atoms with Gasteiger partial charge in [-0.05, 0) is 6.07 Å². The van der Waals surface area contributed by atoms with Gasteiger partial charge in [0.05, 0.1) is 5.69 Å². The Hall–Kier alpha value is -1.30. The van der Waals surface area contributed by atoms with Crippen LogP contribution in [0.15, 0.2) is 28.4 Å². The molecule has 0 fully saturated rings. The van der Waals surface area contributed by atoms with E-state index in [1.54, 1.807) is 14.2 Å². The fraction of sp³-hybridized carbons (Fsp3) is 0.300. The van der Waals surface area contributed by atoms with E-state index in [-0.39, 0.29) is 6.29 Å². The quantitative estimate of drug-likeness (QED) is 0.767. The second-order valence-electron chi connectivity index (χ2n) is 3.17. The van der Waals surface area contributed by atoms with Gasteiger partial charge in [-0.25, -0.2) is 0 Å². The highest BCUT2D eigenvalue weighted by Gasteiger charge is 2.20. The van der Waals surface area contributed by atoms with Crippen molar-refractivity contribution in [3.8, 4) is 0 Å². The third-order valence-corrected chi connectivity index (χ3v) is 2.26. The number of hydrogen-bond acceptors (Lipinski definition) is 5. The molecule has 0 aromatic heterocycles. The van der Waals surface area contributed by atoms with E-state index in [1.165, 1.54) is 0 Å². The third kappa shape index (κ3) is 1.77. The smallest absolute Gasteiger partial charge is 0.202 e. The van der Waals surface area contributed by atoms with Crippen molar-refractivity contribution in [2.75, 3.05) is 14.2 Å². The van der Waals surface area contributed by atoms with E-state index >= 15 is 0 Å². The Labute approximate surface area is 87.9 Å². The summed E-state index contributed by atoms with van der Waals surface area (Å²) in [6, 6.07) is 5.61. The predicted octanol–water partition coefficient (Wildman–Crippen LogP) is 1.87. The van der Waals surface area contributed by atoms with E-state index < -0.39 is 0 Å². The van der Waals surface area contributed by atoms with Gasteiger partial charge in [0.1, 0.15) is 0 Å². The number of azo groups is 1. The molecule has 0 aliphatic carbocycles. The normalized spacial score (nSPS) is 14.9. The molecule has 15 heavy (non-hydrogen) atoms. The van der Waals surface area contributed by atoms with Gasteiger partial charge in [-0.1, -0.05) is 12.1 Å². The summed E-state index contributed by atoms with van der Waals surface area (Å²) in [5.41, 5.74) is 8.13. The summed E-state index contributed by atoms with van der Waals surface area (Å²) in [7, 11) is 3.17. The molecule has 1 heterocycles. The number of nitrogens with two attached hydrogens (primary N) is 1. The minimum atomic E-state index is -0.382. The number of rotatable bonds is 3. The van der Waals surface area contributed by atoms with Crippen molar-refractivity contribution < 1.29 is 9.47 Å². The molecule has 2 rings (SSSR count). The predicted molar refractivity (Wildman–Crippen MR) is 54.2 cm³/mol. The van der Waals surface area contributed by atoms with E-state index in [0.717, 1.165) is 16.8 Å². The van der Waals surface area contributed by atoms with Crippen molar-refractivity contribution in [3.05, 3.63) is 35.5 Å². The van der Waals surface area contributed by atoms with Crippen LogP contribution in [0.5, 0.6) is 0 Å². The molecule has 2 N–H and O–H groups in total. The van der Waals surface area contributed by atoms with Crippen LogP contribution in [0.1, 0.15) is 17.4 Å². The van der Waals surface area contributed by atoms with E-state index in [4.69, 9.17) is 15.2 Å². The third-order valence-electron chi connectivity index (χ3n) is 2.26. The van der Waals surface area contributed by atoms with Crippen molar-refractivity contribution in [1.82, 2.24) is 0 Å². The van der Waals surface area contributed by atoms with Gasteiger partial charge >= 0.3 is 0 Å². The van der Waals surface area contributed by atoms with Gasteiger partial charge in [0.15, 0.2) is 6.29 Å². The Morgan fingerprint density at radius 2 is 1.93 bits per heavy atom. The van der Waals surface area contributed by atoms with Gasteiger partial charge in [0.2, 0.25) is 6.17 Å². The van der Waals surface area contributed by atoms with Crippen LogP contribution in [-0.2, 0) is 9.47 Å². The van der Waals surface area contributed by atoms with E-state index in [1.807, 2.05) is 18.2 Å². The van der Waals surface area contributed by atoms with Crippen LogP contribution in [0.2, 0.25) is 0 Å². The Morgan fingerprint density at radius 3 is 2.60 bits per heavy atom. The maximum absolute atomic E-state index is 5.63. The summed E-state index contributed by atoms with van der Waals surface area (Å²) in [5.74, 6) is 0. The van der Waals surface area contributed by atoms with Crippen LogP contribution in [0.4, 0.5) is 5.69 Å². The summed E-state index contributed by atoms with van der Waals surface area (Å²) in [4.78, 5) is 0. The van der Waals surface area contributed by atoms with E-state index in [9.17, 15) is 0 Å². The lowest BCUT2D eigenvalue weighted by atomic mass is 10.1. The number of ether oxygens (including phenoxy) is 2. The highest BCUT2D eigenvalue weighted by molar-refractivity contribution is 5.56. The van der Waals surface area contributed by atoms with Crippen LogP contribution >= 0.6 is 0 Å². The zero-order valence-corrected chi connectivity index (χ0v) is 8.60. The highest BCUT2D eigenvalue weighted by atomic mass is 16.7. The molecule has 0 saturated heterocycles. The minimum Gasteiger partial charge on any atom is -0.352 e. The molecule has 1 aliphatic rings. The SMILES string of the molecule is COC(OC)c1ccc2c(c1)N=N[C]2N. The van der Waals surface area contributed by atoms with Crippen LogP contribution < -0.4 is 5.73 Å². The topological polar surface area (TPSA) is 69.2 Å². The molecular weight excluding hydrogens is 194 g/mol. The molecule has 0 spiro atoms. The fourth-order valence-corrected chi connectivity index (χ4v) is 1.52. The molecule has 1 aliphatic heterocycles. The maximum atomic E-state index is 5.63. The first-order valence-electron chi connectivity index (χ1n) is 4.50. The summed E-state index contributed by atoms with van der Waals surface area (Å²) in [6.07, 6.45) is 0.0651. The fourth-order valence-electron chi connectivity index (χ4n) is 1.52. The Kier molecular flexibility index (Phi) is 2.77. The van der Waals surface area contributed by atoms with Gasteiger partial charge in [0, 0.05) is 25.3 Å². The Morgan fingerprint density at radius 1 is 1.20 bits per heavy atom. The Bertz CT molecular complexity index is 388. The summed E-state index contributed by atoms with van der Waals surface area (Å²) >= 11 is 0. The molecular formula is C10H12N3O2. The highest BCUT2D eigenvalue weighted by Crippen LogP contribution is 2.34. The van der Waals surface area contributed by atoms with Crippen molar-refractivity contribution >= 4 is 5.69 Å². The van der Waals surface area contributed by atoms with Crippen molar-refractivity contribution in [2.24, 2.45) is 16.0 Å². The number of nitrogens with zero attached hydrogens (tertiary/aromatic N) is 2. The Balaban J connectivity index is 2.33. The first kappa shape index (κ1) is 10.2. The lowest BCUT2D eigenvalue weighted by molar-refractivity contribution is -0.105. The number of benzene rings is 1. The molecule has 5 nitrogen and oxygen atoms in total. The van der Waals surface area contributed by atoms with Crippen molar-refractivity contribution in [3.63, 3.8) is 0 Å². The summed E-state index contributed by atoms with van der Waals surface area (Å²) in [6.45, 7) is 0. The largest absolute Gasteiger partial charge is 0.352 e. The molecule has 1 aromatic rings. The van der Waals surface area contributed by atoms with Crippen LogP contribution in [0, 0.1) is 6.17 Å². The number of methoxy groups -OCH3 is 2. The molecule has 0 atom stereocenters. The monoisotopic (exact) mass is 206 g/mol. The lowest BCUT2D eigenvalue weighted by Gasteiger charge is -2.14. The number of fused-ring (bicyclic) bond motifs is 1. The van der Waals surface area contributed by atoms with E-state index in [0.29, 0.717) is 6.17 Å². The molecule has 0 amide bonds. The summed E-state index contributed by atoms with van der Waals surface area (Å²) < 4.78 is 10.3. The van der Waals surface area contributed by atoms with Crippen LogP contribution in [-0.4, -0.2) is 14.2 Å². The first-order valence-corrected chi connectivity index (χ1v) is 4.50. The van der Waals surface area contributed by atoms with Crippen LogP contribution in [0.3, 0.4) is 0 Å². The maximum Gasteiger partial charge on any atom is 0.202 e. The molecule has 1 radical (unpaired) electrons. The van der Waals surface area contributed by atoms with Gasteiger partial charge in [-0.2, -0.15) is 10.2 Å². The second kappa shape index (κ2) is 4.06. The minimum absolute atomic E-state index is 0.382. The molecule has 0 bridgehead atoms. The van der Waals surface area contributed by atoms with Crippen molar-refractivity contribution in [2.45, 2.75) is 6.29 Å². The van der Waals surface area contributed by atoms with Gasteiger partial charge in [-0.15, -0.1) is 0 Å². The second-order valence-corrected chi connectivity index (χ2v) is 3.17. The molecule has 1 aromatic carbocycles. The molecule has 0 saturated carbocycles. The van der Waals surface area contributed by atoms with Gasteiger partial charge in [0.25, 0.3) is 0 Å². The van der Waals surface area contributed by atoms with Gasteiger partial charge in [-0.3, -0.25) is 5.73 Å². The molecule has 79 valence electrons. The zero-order valence-electron chi connectivity index (χ0n) is 8.60. The van der Waals surface area contributed by atoms with Crippen molar-refractivity contribution in [1.29, 1.82) is 0 Å². The average Bonchev–Trinajstić information content (AvgIpc) is 2.62. The lowest BCUT2D eigenvalue weighted by Crippen LogP contribution is -2.06. The standard InChI is InChI=1S/C10H12N3O2/c1-14-10(15-2)6-3-4-7-8(5-6)12-13-9(7)11/h3-5,10H,11H2,1-2H3. The summed E-state index contributed by atoms with van der Waals surface area (Å²) in [5, 5.41) is 7.74. The zero-order chi connectivity index (χ0) is 10.8. The van der Waals surface area contributed by atoms with E-state index in [2.05, 4.69) is 10.2 Å².